The first kappa shape index (κ1) is 25.2. The molecule has 1 aromatic heterocycles. The zero-order valence-corrected chi connectivity index (χ0v) is 20.7. The Morgan fingerprint density at radius 3 is 2.45 bits per heavy atom. The van der Waals surface area contributed by atoms with E-state index in [0.29, 0.717) is 18.7 Å². The van der Waals surface area contributed by atoms with Crippen LogP contribution in [0.25, 0.3) is 0 Å². The van der Waals surface area contributed by atoms with E-state index in [1.807, 2.05) is 43.3 Å². The van der Waals surface area contributed by atoms with E-state index in [1.54, 1.807) is 13.3 Å². The number of likely N-dealkylation sites (tertiary alicyclic amines) is 1. The summed E-state index contributed by atoms with van der Waals surface area (Å²) in [6, 6.07) is 11.8. The zero-order valence-electron chi connectivity index (χ0n) is 18.4. The SMILES string of the molecule is CCNC(=O)c1ccc(CNC(=NC)NCC(c2ccco2)N2CCCCC2)cc1.I. The van der Waals surface area contributed by atoms with Gasteiger partial charge in [-0.1, -0.05) is 18.6 Å². The Balaban J connectivity index is 0.00000341. The highest BCUT2D eigenvalue weighted by atomic mass is 127. The maximum Gasteiger partial charge on any atom is 0.251 e. The molecule has 1 saturated heterocycles. The third-order valence-corrected chi connectivity index (χ3v) is 5.40. The molecule has 1 unspecified atom stereocenters. The Hall–Kier alpha value is -2.07. The highest BCUT2D eigenvalue weighted by Crippen LogP contribution is 2.24. The number of rotatable bonds is 8. The molecule has 1 aliphatic heterocycles. The predicted octanol–water partition coefficient (Wildman–Crippen LogP) is 3.54. The normalized spacial score (nSPS) is 15.6. The first-order valence-electron chi connectivity index (χ1n) is 10.8. The molecule has 1 amide bonds. The van der Waals surface area contributed by atoms with Crippen LogP contribution < -0.4 is 16.0 Å². The summed E-state index contributed by atoms with van der Waals surface area (Å²) in [6.07, 6.45) is 5.51. The predicted molar refractivity (Wildman–Crippen MR) is 135 cm³/mol. The van der Waals surface area contributed by atoms with Crippen molar-refractivity contribution in [2.45, 2.75) is 38.8 Å². The maximum atomic E-state index is 11.9. The number of amides is 1. The molecule has 0 saturated carbocycles. The number of furan rings is 1. The molecule has 1 fully saturated rings. The molecule has 1 aliphatic rings. The molecule has 1 aromatic carbocycles. The molecule has 0 aliphatic carbocycles. The zero-order chi connectivity index (χ0) is 21.2. The Labute approximate surface area is 202 Å². The average molecular weight is 539 g/mol. The van der Waals surface area contributed by atoms with Gasteiger partial charge < -0.3 is 20.4 Å². The molecular weight excluding hydrogens is 505 g/mol. The minimum absolute atomic E-state index is 0. The quantitative estimate of drug-likeness (QED) is 0.272. The number of halogens is 1. The smallest absolute Gasteiger partial charge is 0.251 e. The van der Waals surface area contributed by atoms with E-state index in [9.17, 15) is 4.79 Å². The van der Waals surface area contributed by atoms with Gasteiger partial charge in [0.1, 0.15) is 5.76 Å². The summed E-state index contributed by atoms with van der Waals surface area (Å²) in [7, 11) is 1.77. The molecule has 170 valence electrons. The van der Waals surface area contributed by atoms with E-state index in [2.05, 4.69) is 25.8 Å². The van der Waals surface area contributed by atoms with E-state index < -0.39 is 0 Å². The van der Waals surface area contributed by atoms with Gasteiger partial charge in [-0.3, -0.25) is 14.7 Å². The van der Waals surface area contributed by atoms with Crippen LogP contribution in [0.4, 0.5) is 0 Å². The lowest BCUT2D eigenvalue weighted by Crippen LogP contribution is -2.44. The summed E-state index contributed by atoms with van der Waals surface area (Å²) in [5.41, 5.74) is 1.76. The van der Waals surface area contributed by atoms with Gasteiger partial charge >= 0.3 is 0 Å². The lowest BCUT2D eigenvalue weighted by atomic mass is 10.1. The number of carbonyl (C=O) groups is 1. The second-order valence-corrected chi connectivity index (χ2v) is 7.49. The summed E-state index contributed by atoms with van der Waals surface area (Å²) in [5.74, 6) is 1.69. The van der Waals surface area contributed by atoms with Crippen molar-refractivity contribution in [3.8, 4) is 0 Å². The topological polar surface area (TPSA) is 81.9 Å². The fourth-order valence-corrected chi connectivity index (χ4v) is 3.76. The first-order valence-corrected chi connectivity index (χ1v) is 10.8. The lowest BCUT2D eigenvalue weighted by molar-refractivity contribution is 0.0956. The van der Waals surface area contributed by atoms with Crippen LogP contribution in [0.3, 0.4) is 0 Å². The maximum absolute atomic E-state index is 11.9. The summed E-state index contributed by atoms with van der Waals surface area (Å²) >= 11 is 0. The van der Waals surface area contributed by atoms with Crippen molar-refractivity contribution in [3.05, 3.63) is 59.5 Å². The number of hydrogen-bond donors (Lipinski definition) is 3. The molecule has 7 nitrogen and oxygen atoms in total. The standard InChI is InChI=1S/C23H33N5O2.HI/c1-3-25-22(29)19-11-9-18(10-12-19)16-26-23(24-2)27-17-20(21-8-7-15-30-21)28-13-5-4-6-14-28;/h7-12,15,20H,3-6,13-14,16-17H2,1-2H3,(H,25,29)(H2,24,26,27);1H. The van der Waals surface area contributed by atoms with Crippen molar-refractivity contribution in [1.82, 2.24) is 20.9 Å². The molecule has 0 radical (unpaired) electrons. The number of nitrogens with zero attached hydrogens (tertiary/aromatic N) is 2. The van der Waals surface area contributed by atoms with Crippen LogP contribution in [0.1, 0.15) is 53.9 Å². The Bertz CT molecular complexity index is 802. The van der Waals surface area contributed by atoms with E-state index in [-0.39, 0.29) is 35.9 Å². The molecule has 31 heavy (non-hydrogen) atoms. The molecule has 3 N–H and O–H groups in total. The van der Waals surface area contributed by atoms with Crippen molar-refractivity contribution in [2.75, 3.05) is 33.2 Å². The Kier molecular flexibility index (Phi) is 10.9. The molecule has 2 aromatic rings. The van der Waals surface area contributed by atoms with Gasteiger partial charge in [-0.05, 0) is 62.7 Å². The minimum Gasteiger partial charge on any atom is -0.468 e. The van der Waals surface area contributed by atoms with Crippen LogP contribution in [0, 0.1) is 0 Å². The number of nitrogens with one attached hydrogen (secondary N) is 3. The van der Waals surface area contributed by atoms with Crippen molar-refractivity contribution in [3.63, 3.8) is 0 Å². The van der Waals surface area contributed by atoms with Crippen molar-refractivity contribution >= 4 is 35.8 Å². The van der Waals surface area contributed by atoms with Gasteiger partial charge in [0, 0.05) is 32.2 Å². The monoisotopic (exact) mass is 539 g/mol. The third-order valence-electron chi connectivity index (χ3n) is 5.40. The van der Waals surface area contributed by atoms with E-state index in [1.165, 1.54) is 19.3 Å². The molecule has 2 heterocycles. The highest BCUT2D eigenvalue weighted by molar-refractivity contribution is 14.0. The molecule has 8 heteroatoms. The van der Waals surface area contributed by atoms with Gasteiger partial charge in [0.25, 0.3) is 5.91 Å². The van der Waals surface area contributed by atoms with E-state index in [0.717, 1.165) is 36.9 Å². The number of aliphatic imine (C=N–C) groups is 1. The van der Waals surface area contributed by atoms with Gasteiger partial charge in [0.2, 0.25) is 0 Å². The van der Waals surface area contributed by atoms with Gasteiger partial charge in [-0.2, -0.15) is 0 Å². The third kappa shape index (κ3) is 7.53. The highest BCUT2D eigenvalue weighted by Gasteiger charge is 2.24. The van der Waals surface area contributed by atoms with Crippen molar-refractivity contribution < 1.29 is 9.21 Å². The average Bonchev–Trinajstić information content (AvgIpc) is 3.32. The molecule has 1 atom stereocenters. The van der Waals surface area contributed by atoms with E-state index >= 15 is 0 Å². The van der Waals surface area contributed by atoms with Crippen LogP contribution in [0.5, 0.6) is 0 Å². The van der Waals surface area contributed by atoms with Crippen LogP contribution in [0.2, 0.25) is 0 Å². The van der Waals surface area contributed by atoms with E-state index in [4.69, 9.17) is 4.42 Å². The first-order chi connectivity index (χ1) is 14.7. The summed E-state index contributed by atoms with van der Waals surface area (Å²) in [6.45, 7) is 6.08. The Morgan fingerprint density at radius 2 is 1.84 bits per heavy atom. The fourth-order valence-electron chi connectivity index (χ4n) is 3.76. The van der Waals surface area contributed by atoms with Gasteiger partial charge in [-0.25, -0.2) is 0 Å². The van der Waals surface area contributed by atoms with Gasteiger partial charge in [0.05, 0.1) is 12.3 Å². The van der Waals surface area contributed by atoms with Crippen LogP contribution in [-0.4, -0.2) is 50.0 Å². The molecule has 0 spiro atoms. The van der Waals surface area contributed by atoms with Gasteiger partial charge in [0.15, 0.2) is 5.96 Å². The summed E-state index contributed by atoms with van der Waals surface area (Å²) in [5, 5.41) is 9.61. The largest absolute Gasteiger partial charge is 0.468 e. The molecule has 3 rings (SSSR count). The van der Waals surface area contributed by atoms with Crippen LogP contribution in [-0.2, 0) is 6.54 Å². The minimum atomic E-state index is -0.0452. The fraction of sp³-hybridized carbons (Fsp3) is 0.478. The van der Waals surface area contributed by atoms with Crippen molar-refractivity contribution in [2.24, 2.45) is 4.99 Å². The van der Waals surface area contributed by atoms with Crippen LogP contribution >= 0.6 is 24.0 Å². The van der Waals surface area contributed by atoms with Gasteiger partial charge in [-0.15, -0.1) is 24.0 Å². The summed E-state index contributed by atoms with van der Waals surface area (Å²) in [4.78, 5) is 18.7. The second kappa shape index (κ2) is 13.4. The lowest BCUT2D eigenvalue weighted by Gasteiger charge is -2.33. The summed E-state index contributed by atoms with van der Waals surface area (Å²) < 4.78 is 5.72. The van der Waals surface area contributed by atoms with Crippen LogP contribution in [0.15, 0.2) is 52.1 Å². The number of piperidine rings is 1. The number of guanidine groups is 1. The number of benzene rings is 1. The number of carbonyl (C=O) groups excluding carboxylic acids is 1. The number of hydrogen-bond acceptors (Lipinski definition) is 4. The Morgan fingerprint density at radius 1 is 1.10 bits per heavy atom. The molecule has 0 bridgehead atoms. The van der Waals surface area contributed by atoms with Crippen molar-refractivity contribution in [1.29, 1.82) is 0 Å². The molecular formula is C23H34IN5O2. The second-order valence-electron chi connectivity index (χ2n) is 7.49.